The lowest BCUT2D eigenvalue weighted by Gasteiger charge is -2.46. The first-order chi connectivity index (χ1) is 14.0. The topological polar surface area (TPSA) is 78.9 Å². The Morgan fingerprint density at radius 2 is 1.70 bits per heavy atom. The maximum Gasteiger partial charge on any atom is 0.303 e. The van der Waals surface area contributed by atoms with Crippen molar-refractivity contribution in [3.8, 4) is 0 Å². The van der Waals surface area contributed by atoms with Gasteiger partial charge in [-0.1, -0.05) is 26.0 Å². The van der Waals surface area contributed by atoms with Crippen LogP contribution in [0.4, 0.5) is 0 Å². The van der Waals surface area contributed by atoms with Gasteiger partial charge in [-0.15, -0.1) is 0 Å². The van der Waals surface area contributed by atoms with E-state index in [-0.39, 0.29) is 23.7 Å². The lowest BCUT2D eigenvalue weighted by atomic mass is 9.73. The number of allylic oxidation sites excluding steroid dienone is 1. The lowest BCUT2D eigenvalue weighted by molar-refractivity contribution is -0.194. The highest BCUT2D eigenvalue weighted by Crippen LogP contribution is 2.54. The largest absolute Gasteiger partial charge is 0.462 e. The van der Waals surface area contributed by atoms with Gasteiger partial charge in [-0.05, 0) is 56.6 Å². The van der Waals surface area contributed by atoms with Gasteiger partial charge in [-0.25, -0.2) is 0 Å². The molecule has 166 valence electrons. The smallest absolute Gasteiger partial charge is 0.303 e. The molecule has 1 spiro atoms. The van der Waals surface area contributed by atoms with Gasteiger partial charge in [0, 0.05) is 19.8 Å². The van der Waals surface area contributed by atoms with Crippen LogP contribution in [-0.4, -0.2) is 41.6 Å². The molecule has 0 aromatic rings. The van der Waals surface area contributed by atoms with Gasteiger partial charge in [0.1, 0.15) is 17.8 Å². The number of fused-ring (bicyclic) bond motifs is 1. The number of ketones is 1. The van der Waals surface area contributed by atoms with E-state index in [1.807, 2.05) is 13.8 Å². The molecule has 1 saturated carbocycles. The van der Waals surface area contributed by atoms with Crippen molar-refractivity contribution in [1.82, 2.24) is 0 Å². The van der Waals surface area contributed by atoms with E-state index in [1.165, 1.54) is 25.0 Å². The molecule has 3 rings (SSSR count). The Morgan fingerprint density at radius 1 is 1.07 bits per heavy atom. The van der Waals surface area contributed by atoms with E-state index in [0.717, 1.165) is 12.0 Å². The summed E-state index contributed by atoms with van der Waals surface area (Å²) >= 11 is 0. The molecule has 30 heavy (non-hydrogen) atoms. The molecule has 6 nitrogen and oxygen atoms in total. The second-order valence-electron chi connectivity index (χ2n) is 9.49. The SMILES string of the molecule is C=C1CCC(=C(C)C)[C@H]2C[C@@H](C)C(=O)[C@@]3(C[C@H](C)[C@H](OC(C)=O)[C@@H]3[C@H]1OC(C)=O)O2. The number of carbonyl (C=O) groups is 3. The summed E-state index contributed by atoms with van der Waals surface area (Å²) in [7, 11) is 0. The summed E-state index contributed by atoms with van der Waals surface area (Å²) in [5.74, 6) is -1.80. The van der Waals surface area contributed by atoms with Crippen LogP contribution in [0.3, 0.4) is 0 Å². The van der Waals surface area contributed by atoms with Crippen LogP contribution in [-0.2, 0) is 28.6 Å². The van der Waals surface area contributed by atoms with Crippen molar-refractivity contribution in [2.75, 3.05) is 0 Å². The minimum absolute atomic E-state index is 0.00482. The second kappa shape index (κ2) is 8.29. The van der Waals surface area contributed by atoms with Crippen LogP contribution in [0.25, 0.3) is 0 Å². The first-order valence-electron chi connectivity index (χ1n) is 10.9. The zero-order valence-electron chi connectivity index (χ0n) is 18.9. The van der Waals surface area contributed by atoms with Crippen LogP contribution in [0.2, 0.25) is 0 Å². The predicted octanol–water partition coefficient (Wildman–Crippen LogP) is 3.93. The molecule has 7 atom stereocenters. The molecule has 2 heterocycles. The van der Waals surface area contributed by atoms with E-state index in [1.54, 1.807) is 0 Å². The molecule has 0 unspecified atom stereocenters. The predicted molar refractivity (Wildman–Crippen MR) is 112 cm³/mol. The van der Waals surface area contributed by atoms with Crippen molar-refractivity contribution in [1.29, 1.82) is 0 Å². The Labute approximate surface area is 179 Å². The minimum Gasteiger partial charge on any atom is -0.462 e. The van der Waals surface area contributed by atoms with Crippen LogP contribution < -0.4 is 0 Å². The van der Waals surface area contributed by atoms with Crippen molar-refractivity contribution in [2.45, 2.75) is 91.1 Å². The number of ether oxygens (including phenoxy) is 3. The van der Waals surface area contributed by atoms with E-state index in [0.29, 0.717) is 19.3 Å². The molecular formula is C24H34O6. The number of carbonyl (C=O) groups excluding carboxylic acids is 3. The van der Waals surface area contributed by atoms with Gasteiger partial charge in [0.15, 0.2) is 5.78 Å². The first-order valence-corrected chi connectivity index (χ1v) is 10.9. The number of hydrogen-bond acceptors (Lipinski definition) is 6. The van der Waals surface area contributed by atoms with Crippen molar-refractivity contribution in [3.05, 3.63) is 23.3 Å². The quantitative estimate of drug-likeness (QED) is 0.499. The molecule has 2 bridgehead atoms. The number of rotatable bonds is 2. The molecule has 2 aliphatic heterocycles. The van der Waals surface area contributed by atoms with Gasteiger partial charge in [0.05, 0.1) is 12.0 Å². The third-order valence-corrected chi connectivity index (χ3v) is 6.93. The van der Waals surface area contributed by atoms with Crippen LogP contribution >= 0.6 is 0 Å². The third-order valence-electron chi connectivity index (χ3n) is 6.93. The summed E-state index contributed by atoms with van der Waals surface area (Å²) in [6.45, 7) is 15.0. The summed E-state index contributed by atoms with van der Waals surface area (Å²) in [6.07, 6.45) is 0.893. The highest BCUT2D eigenvalue weighted by molar-refractivity contribution is 5.91. The molecule has 1 aliphatic carbocycles. The van der Waals surface area contributed by atoms with E-state index in [9.17, 15) is 14.4 Å². The maximum atomic E-state index is 13.7. The summed E-state index contributed by atoms with van der Waals surface area (Å²) in [4.78, 5) is 37.6. The van der Waals surface area contributed by atoms with Gasteiger partial charge in [-0.2, -0.15) is 0 Å². The molecule has 0 aromatic heterocycles. The molecule has 2 saturated heterocycles. The molecule has 0 radical (unpaired) electrons. The molecule has 0 N–H and O–H groups in total. The maximum absolute atomic E-state index is 13.7. The zero-order valence-corrected chi connectivity index (χ0v) is 18.9. The number of hydrogen-bond donors (Lipinski definition) is 0. The van der Waals surface area contributed by atoms with Crippen LogP contribution in [0, 0.1) is 17.8 Å². The van der Waals surface area contributed by atoms with Crippen LogP contribution in [0.15, 0.2) is 23.3 Å². The van der Waals surface area contributed by atoms with Crippen molar-refractivity contribution in [3.63, 3.8) is 0 Å². The van der Waals surface area contributed by atoms with Crippen LogP contribution in [0.5, 0.6) is 0 Å². The fourth-order valence-electron chi connectivity index (χ4n) is 5.72. The molecule has 0 aromatic carbocycles. The molecular weight excluding hydrogens is 384 g/mol. The molecule has 6 heteroatoms. The number of Topliss-reactive ketones (excluding diaryl/α,β-unsaturated/α-hetero) is 1. The fraction of sp³-hybridized carbons (Fsp3) is 0.708. The van der Waals surface area contributed by atoms with Gasteiger partial charge in [0.2, 0.25) is 0 Å². The summed E-state index contributed by atoms with van der Waals surface area (Å²) in [6, 6.07) is 0. The van der Waals surface area contributed by atoms with E-state index < -0.39 is 35.7 Å². The van der Waals surface area contributed by atoms with Gasteiger partial charge >= 0.3 is 11.9 Å². The van der Waals surface area contributed by atoms with Crippen LogP contribution in [0.1, 0.15) is 67.2 Å². The van der Waals surface area contributed by atoms with Gasteiger partial charge in [-0.3, -0.25) is 14.4 Å². The van der Waals surface area contributed by atoms with E-state index >= 15 is 0 Å². The fourth-order valence-corrected chi connectivity index (χ4v) is 5.72. The summed E-state index contributed by atoms with van der Waals surface area (Å²) < 4.78 is 18.2. The first kappa shape index (κ1) is 22.7. The highest BCUT2D eigenvalue weighted by Gasteiger charge is 2.65. The lowest BCUT2D eigenvalue weighted by Crippen LogP contribution is -2.59. The minimum atomic E-state index is -1.17. The summed E-state index contributed by atoms with van der Waals surface area (Å²) in [5, 5.41) is 0. The standard InChI is InChI=1S/C24H34O6/c1-12(2)18-9-8-13(3)21(28-16(6)25)20-22(29-17(7)26)15(5)11-24(20)23(27)14(4)10-19(18)30-24/h14-15,19-22H,3,8-11H2,1-2,4-7H3/t14-,15+,19-,20+,21+,22+,24+/m1/s1. The Bertz CT molecular complexity index is 792. The zero-order chi connectivity index (χ0) is 22.4. The molecule has 0 amide bonds. The Balaban J connectivity index is 2.22. The summed E-state index contributed by atoms with van der Waals surface area (Å²) in [5.41, 5.74) is 1.92. The Kier molecular flexibility index (Phi) is 6.28. The third kappa shape index (κ3) is 3.86. The van der Waals surface area contributed by atoms with E-state index in [2.05, 4.69) is 20.4 Å². The van der Waals surface area contributed by atoms with E-state index in [4.69, 9.17) is 14.2 Å². The van der Waals surface area contributed by atoms with Crippen molar-refractivity contribution in [2.24, 2.45) is 17.8 Å². The second-order valence-corrected chi connectivity index (χ2v) is 9.49. The average molecular weight is 419 g/mol. The highest BCUT2D eigenvalue weighted by atomic mass is 16.6. The normalized spacial score (nSPS) is 38.8. The Hall–Kier alpha value is -1.95. The number of esters is 2. The average Bonchev–Trinajstić information content (AvgIpc) is 2.89. The Morgan fingerprint density at radius 3 is 2.27 bits per heavy atom. The van der Waals surface area contributed by atoms with Gasteiger partial charge in [0.25, 0.3) is 0 Å². The molecule has 3 fully saturated rings. The molecule has 3 aliphatic rings. The van der Waals surface area contributed by atoms with Gasteiger partial charge < -0.3 is 14.2 Å². The monoisotopic (exact) mass is 418 g/mol. The van der Waals surface area contributed by atoms with Crippen molar-refractivity contribution >= 4 is 17.7 Å². The van der Waals surface area contributed by atoms with Crippen molar-refractivity contribution < 1.29 is 28.6 Å².